The van der Waals surface area contributed by atoms with Crippen molar-refractivity contribution >= 4 is 16.0 Å². The van der Waals surface area contributed by atoms with E-state index in [1.165, 1.54) is 6.20 Å². The van der Waals surface area contributed by atoms with Crippen molar-refractivity contribution in [1.29, 1.82) is 0 Å². The predicted molar refractivity (Wildman–Crippen MR) is 73.7 cm³/mol. The van der Waals surface area contributed by atoms with Gasteiger partial charge in [-0.15, -0.1) is 0 Å². The maximum Gasteiger partial charge on any atom is 0.325 e. The zero-order chi connectivity index (χ0) is 15.6. The topological polar surface area (TPSA) is 101 Å². The van der Waals surface area contributed by atoms with Gasteiger partial charge in [0.1, 0.15) is 11.4 Å². The lowest BCUT2D eigenvalue weighted by Gasteiger charge is -2.27. The number of rotatable bonds is 6. The van der Waals surface area contributed by atoms with Crippen LogP contribution in [0.3, 0.4) is 0 Å². The minimum atomic E-state index is -3.66. The van der Waals surface area contributed by atoms with Gasteiger partial charge >= 0.3 is 5.97 Å². The van der Waals surface area contributed by atoms with Crippen LogP contribution in [0.1, 0.15) is 27.7 Å². The van der Waals surface area contributed by atoms with E-state index in [1.807, 2.05) is 27.7 Å². The van der Waals surface area contributed by atoms with Gasteiger partial charge in [-0.1, -0.05) is 27.7 Å². The first-order chi connectivity index (χ1) is 9.02. The maximum absolute atomic E-state index is 12.1. The molecule has 8 heteroatoms. The Balaban J connectivity index is 2.74. The average Bonchev–Trinajstić information content (AvgIpc) is 2.72. The second-order valence-corrected chi connectivity index (χ2v) is 7.65. The highest BCUT2D eigenvalue weighted by Gasteiger charge is 2.23. The predicted octanol–water partition coefficient (Wildman–Crippen LogP) is 0.928. The first-order valence-electron chi connectivity index (χ1n) is 6.26. The smallest absolute Gasteiger partial charge is 0.325 e. The van der Waals surface area contributed by atoms with Gasteiger partial charge in [-0.3, -0.25) is 9.48 Å². The number of hydrogen-bond donors (Lipinski definition) is 2. The molecule has 0 amide bonds. The van der Waals surface area contributed by atoms with Crippen LogP contribution >= 0.6 is 0 Å². The Morgan fingerprint density at radius 2 is 2.10 bits per heavy atom. The summed E-state index contributed by atoms with van der Waals surface area (Å²) in [7, 11) is -3.66. The summed E-state index contributed by atoms with van der Waals surface area (Å²) >= 11 is 0. The van der Waals surface area contributed by atoms with Crippen LogP contribution in [-0.4, -0.2) is 35.8 Å². The summed E-state index contributed by atoms with van der Waals surface area (Å²) in [6.07, 6.45) is 2.35. The molecule has 2 N–H and O–H groups in total. The van der Waals surface area contributed by atoms with Crippen LogP contribution in [-0.2, 0) is 21.4 Å². The molecule has 1 unspecified atom stereocenters. The van der Waals surface area contributed by atoms with Gasteiger partial charge in [0, 0.05) is 12.7 Å². The average molecular weight is 303 g/mol. The fraction of sp³-hybridized carbons (Fsp3) is 0.667. The van der Waals surface area contributed by atoms with E-state index in [2.05, 4.69) is 9.82 Å². The minimum Gasteiger partial charge on any atom is -0.480 e. The molecule has 1 aromatic heterocycles. The van der Waals surface area contributed by atoms with Crippen molar-refractivity contribution in [2.24, 2.45) is 11.3 Å². The van der Waals surface area contributed by atoms with E-state index in [0.717, 1.165) is 10.9 Å². The summed E-state index contributed by atoms with van der Waals surface area (Å²) in [5, 5.41) is 12.3. The van der Waals surface area contributed by atoms with E-state index in [4.69, 9.17) is 5.11 Å². The Morgan fingerprint density at radius 1 is 1.50 bits per heavy atom. The van der Waals surface area contributed by atoms with Gasteiger partial charge < -0.3 is 5.11 Å². The summed E-state index contributed by atoms with van der Waals surface area (Å²) in [5.41, 5.74) is -0.00396. The van der Waals surface area contributed by atoms with Crippen LogP contribution < -0.4 is 4.72 Å². The molecule has 1 aromatic rings. The molecule has 1 heterocycles. The SMILES string of the molecule is CC(CNS(=O)(=O)c1cnn(CC(=O)O)c1)C(C)(C)C. The van der Waals surface area contributed by atoms with Gasteiger partial charge in [0.05, 0.1) is 6.20 Å². The van der Waals surface area contributed by atoms with E-state index in [-0.39, 0.29) is 22.8 Å². The van der Waals surface area contributed by atoms with Gasteiger partial charge in [0.25, 0.3) is 0 Å². The van der Waals surface area contributed by atoms with Crippen LogP contribution in [0.2, 0.25) is 0 Å². The van der Waals surface area contributed by atoms with Crippen LogP contribution in [0.5, 0.6) is 0 Å². The number of hydrogen-bond acceptors (Lipinski definition) is 4. The second kappa shape index (κ2) is 5.92. The van der Waals surface area contributed by atoms with Crippen molar-refractivity contribution in [2.45, 2.75) is 39.1 Å². The number of aliphatic carboxylic acids is 1. The lowest BCUT2D eigenvalue weighted by molar-refractivity contribution is -0.137. The quantitative estimate of drug-likeness (QED) is 0.814. The molecule has 0 aliphatic rings. The van der Waals surface area contributed by atoms with E-state index >= 15 is 0 Å². The molecule has 1 rings (SSSR count). The van der Waals surface area contributed by atoms with Crippen LogP contribution in [0.15, 0.2) is 17.3 Å². The van der Waals surface area contributed by atoms with E-state index in [0.29, 0.717) is 6.54 Å². The molecular formula is C12H21N3O4S. The van der Waals surface area contributed by atoms with Crippen molar-refractivity contribution in [3.8, 4) is 0 Å². The lowest BCUT2D eigenvalue weighted by Crippen LogP contribution is -2.33. The monoisotopic (exact) mass is 303 g/mol. The zero-order valence-corrected chi connectivity index (χ0v) is 12.9. The number of carbonyl (C=O) groups is 1. The minimum absolute atomic E-state index is 0.00396. The van der Waals surface area contributed by atoms with E-state index in [1.54, 1.807) is 0 Å². The maximum atomic E-state index is 12.1. The molecule has 0 aromatic carbocycles. The lowest BCUT2D eigenvalue weighted by atomic mass is 9.82. The van der Waals surface area contributed by atoms with Gasteiger partial charge in [-0.05, 0) is 11.3 Å². The Hall–Kier alpha value is -1.41. The third-order valence-electron chi connectivity index (χ3n) is 3.28. The second-order valence-electron chi connectivity index (χ2n) is 5.89. The fourth-order valence-corrected chi connectivity index (χ4v) is 2.42. The molecule has 0 fully saturated rings. The molecule has 0 saturated carbocycles. The molecule has 0 bridgehead atoms. The third-order valence-corrected chi connectivity index (χ3v) is 4.65. The first kappa shape index (κ1) is 16.6. The summed E-state index contributed by atoms with van der Waals surface area (Å²) in [6.45, 7) is 8.03. The summed E-state index contributed by atoms with van der Waals surface area (Å²) < 4.78 is 27.7. The Labute approximate surface area is 119 Å². The highest BCUT2D eigenvalue weighted by atomic mass is 32.2. The highest BCUT2D eigenvalue weighted by Crippen LogP contribution is 2.24. The number of nitrogens with zero attached hydrogens (tertiary/aromatic N) is 2. The van der Waals surface area contributed by atoms with E-state index < -0.39 is 16.0 Å². The van der Waals surface area contributed by atoms with Crippen LogP contribution in [0.25, 0.3) is 0 Å². The first-order valence-corrected chi connectivity index (χ1v) is 7.74. The van der Waals surface area contributed by atoms with Crippen LogP contribution in [0.4, 0.5) is 0 Å². The zero-order valence-electron chi connectivity index (χ0n) is 12.1. The molecule has 7 nitrogen and oxygen atoms in total. The number of carboxylic acids is 1. The third kappa shape index (κ3) is 4.61. The fourth-order valence-electron chi connectivity index (χ4n) is 1.33. The van der Waals surface area contributed by atoms with Crippen molar-refractivity contribution in [1.82, 2.24) is 14.5 Å². The van der Waals surface area contributed by atoms with Crippen molar-refractivity contribution < 1.29 is 18.3 Å². The molecule has 20 heavy (non-hydrogen) atoms. The standard InChI is InChI=1S/C12H21N3O4S/c1-9(12(2,3)4)5-14-20(18,19)10-6-13-15(7-10)8-11(16)17/h6-7,9,14H,5,8H2,1-4H3,(H,16,17). The van der Waals surface area contributed by atoms with Gasteiger partial charge in [0.15, 0.2) is 0 Å². The van der Waals surface area contributed by atoms with Crippen molar-refractivity contribution in [3.63, 3.8) is 0 Å². The normalized spacial score (nSPS) is 14.2. The molecule has 0 aliphatic carbocycles. The van der Waals surface area contributed by atoms with Gasteiger partial charge in [0.2, 0.25) is 10.0 Å². The van der Waals surface area contributed by atoms with Crippen LogP contribution in [0, 0.1) is 11.3 Å². The molecule has 114 valence electrons. The number of carboxylic acid groups (broad SMARTS) is 1. The number of nitrogens with one attached hydrogen (secondary N) is 1. The molecule has 1 atom stereocenters. The molecular weight excluding hydrogens is 282 g/mol. The summed E-state index contributed by atoms with van der Waals surface area (Å²) in [5.74, 6) is -0.919. The number of aromatic nitrogens is 2. The Morgan fingerprint density at radius 3 is 2.60 bits per heavy atom. The van der Waals surface area contributed by atoms with Gasteiger partial charge in [-0.25, -0.2) is 13.1 Å². The Bertz CT molecular complexity index is 572. The molecule has 0 radical (unpaired) electrons. The summed E-state index contributed by atoms with van der Waals surface area (Å²) in [4.78, 5) is 10.5. The van der Waals surface area contributed by atoms with E-state index in [9.17, 15) is 13.2 Å². The molecule has 0 aliphatic heterocycles. The number of sulfonamides is 1. The largest absolute Gasteiger partial charge is 0.480 e. The van der Waals surface area contributed by atoms with Gasteiger partial charge in [-0.2, -0.15) is 5.10 Å². The van der Waals surface area contributed by atoms with Crippen molar-refractivity contribution in [2.75, 3.05) is 6.54 Å². The molecule has 0 spiro atoms. The Kier molecular flexibility index (Phi) is 4.93. The van der Waals surface area contributed by atoms with Crippen molar-refractivity contribution in [3.05, 3.63) is 12.4 Å². The molecule has 0 saturated heterocycles. The highest BCUT2D eigenvalue weighted by molar-refractivity contribution is 7.89. The summed E-state index contributed by atoms with van der Waals surface area (Å²) in [6, 6.07) is 0.